The Labute approximate surface area is 117 Å². The zero-order valence-corrected chi connectivity index (χ0v) is 13.0. The van der Waals surface area contributed by atoms with Crippen LogP contribution in [0.1, 0.15) is 18.9 Å². The Bertz CT molecular complexity index is 550. The first kappa shape index (κ1) is 16.1. The van der Waals surface area contributed by atoms with E-state index in [1.807, 2.05) is 0 Å². The fraction of sp³-hybridized carbons (Fsp3) is 0.500. The average Bonchev–Trinajstić information content (AvgIpc) is 2.25. The molecule has 7 heteroatoms. The predicted molar refractivity (Wildman–Crippen MR) is 78.9 cm³/mol. The summed E-state index contributed by atoms with van der Waals surface area (Å²) in [4.78, 5) is 0.125. The maximum absolute atomic E-state index is 12.3. The Morgan fingerprint density at radius 1 is 1.42 bits per heavy atom. The van der Waals surface area contributed by atoms with Crippen LogP contribution in [0.2, 0.25) is 0 Å². The number of rotatable bonds is 6. The van der Waals surface area contributed by atoms with Crippen LogP contribution in [0.25, 0.3) is 0 Å². The summed E-state index contributed by atoms with van der Waals surface area (Å²) >= 11 is 0. The molecule has 2 atom stereocenters. The van der Waals surface area contributed by atoms with Gasteiger partial charge in [0.2, 0.25) is 10.0 Å². The molecule has 0 heterocycles. The number of nitrogens with two attached hydrogens (primary N) is 1. The maximum atomic E-state index is 12.3. The first-order valence-electron chi connectivity index (χ1n) is 5.91. The van der Waals surface area contributed by atoms with Crippen molar-refractivity contribution >= 4 is 26.5 Å². The Kier molecular flexibility index (Phi) is 5.51. The molecule has 0 saturated carbocycles. The van der Waals surface area contributed by atoms with Crippen LogP contribution in [0.5, 0.6) is 0 Å². The molecule has 108 valence electrons. The Morgan fingerprint density at radius 2 is 2.05 bits per heavy atom. The van der Waals surface area contributed by atoms with Crippen molar-refractivity contribution in [1.82, 2.24) is 4.72 Å². The van der Waals surface area contributed by atoms with Gasteiger partial charge in [0.05, 0.1) is 5.69 Å². The topological polar surface area (TPSA) is 89.3 Å². The number of aryl methyl sites for hydroxylation is 1. The highest BCUT2D eigenvalue weighted by Gasteiger charge is 2.21. The Hall–Kier alpha value is -0.920. The molecule has 0 aliphatic carbocycles. The third kappa shape index (κ3) is 4.59. The molecule has 0 saturated heterocycles. The van der Waals surface area contributed by atoms with E-state index in [-0.39, 0.29) is 16.6 Å². The van der Waals surface area contributed by atoms with Crippen LogP contribution in [-0.2, 0) is 20.8 Å². The van der Waals surface area contributed by atoms with Gasteiger partial charge in [-0.1, -0.05) is 12.1 Å². The molecule has 1 rings (SSSR count). The SMILES string of the molecule is Cc1cccc(N)c1S(=O)(=O)NC(C)CCS(C)=O. The third-order valence-electron chi connectivity index (χ3n) is 2.71. The van der Waals surface area contributed by atoms with Gasteiger partial charge in [-0.25, -0.2) is 13.1 Å². The quantitative estimate of drug-likeness (QED) is 0.768. The van der Waals surface area contributed by atoms with Crippen LogP contribution >= 0.6 is 0 Å². The lowest BCUT2D eigenvalue weighted by atomic mass is 10.2. The summed E-state index contributed by atoms with van der Waals surface area (Å²) in [5.41, 5.74) is 6.58. The van der Waals surface area contributed by atoms with Gasteiger partial charge in [0.25, 0.3) is 0 Å². The molecule has 1 aromatic rings. The maximum Gasteiger partial charge on any atom is 0.243 e. The minimum absolute atomic E-state index is 0.125. The average molecular weight is 304 g/mol. The number of anilines is 1. The zero-order valence-electron chi connectivity index (χ0n) is 11.3. The van der Waals surface area contributed by atoms with Crippen molar-refractivity contribution in [2.75, 3.05) is 17.7 Å². The summed E-state index contributed by atoms with van der Waals surface area (Å²) < 4.78 is 38.1. The van der Waals surface area contributed by atoms with Crippen molar-refractivity contribution in [2.45, 2.75) is 31.2 Å². The largest absolute Gasteiger partial charge is 0.398 e. The van der Waals surface area contributed by atoms with Crippen molar-refractivity contribution in [1.29, 1.82) is 0 Å². The molecule has 0 amide bonds. The summed E-state index contributed by atoms with van der Waals surface area (Å²) in [5, 5.41) is 0. The summed E-state index contributed by atoms with van der Waals surface area (Å²) in [5.74, 6) is 0.465. The first-order valence-corrected chi connectivity index (χ1v) is 9.12. The fourth-order valence-corrected chi connectivity index (χ4v) is 4.09. The van der Waals surface area contributed by atoms with Gasteiger partial charge in [0.15, 0.2) is 0 Å². The van der Waals surface area contributed by atoms with E-state index in [2.05, 4.69) is 4.72 Å². The van der Waals surface area contributed by atoms with E-state index < -0.39 is 20.8 Å². The molecule has 0 bridgehead atoms. The third-order valence-corrected chi connectivity index (χ3v) is 5.32. The molecule has 1 aromatic carbocycles. The molecule has 3 N–H and O–H groups in total. The molecule has 0 spiro atoms. The van der Waals surface area contributed by atoms with Crippen LogP contribution < -0.4 is 10.5 Å². The summed E-state index contributed by atoms with van der Waals surface area (Å²) in [6.45, 7) is 3.45. The van der Waals surface area contributed by atoms with Crippen molar-refractivity contribution < 1.29 is 12.6 Å². The minimum Gasteiger partial charge on any atom is -0.398 e. The van der Waals surface area contributed by atoms with Crippen LogP contribution in [0.4, 0.5) is 5.69 Å². The van der Waals surface area contributed by atoms with Gasteiger partial charge in [0, 0.05) is 28.9 Å². The molecular formula is C12H20N2O3S2. The van der Waals surface area contributed by atoms with Crippen LogP contribution in [0.15, 0.2) is 23.1 Å². The number of nitrogen functional groups attached to an aromatic ring is 1. The van der Waals surface area contributed by atoms with Gasteiger partial charge in [-0.2, -0.15) is 0 Å². The van der Waals surface area contributed by atoms with Crippen LogP contribution in [0.3, 0.4) is 0 Å². The monoisotopic (exact) mass is 304 g/mol. The lowest BCUT2D eigenvalue weighted by molar-refractivity contribution is 0.555. The molecule has 0 aromatic heterocycles. The van der Waals surface area contributed by atoms with E-state index in [9.17, 15) is 12.6 Å². The predicted octanol–water partition coefficient (Wildman–Crippen LogP) is 1.01. The van der Waals surface area contributed by atoms with Crippen molar-refractivity contribution in [3.8, 4) is 0 Å². The number of nitrogens with one attached hydrogen (secondary N) is 1. The van der Waals surface area contributed by atoms with E-state index in [0.29, 0.717) is 17.7 Å². The van der Waals surface area contributed by atoms with E-state index in [1.54, 1.807) is 38.3 Å². The molecule has 5 nitrogen and oxygen atoms in total. The highest BCUT2D eigenvalue weighted by molar-refractivity contribution is 7.89. The first-order chi connectivity index (χ1) is 8.74. The fourth-order valence-electron chi connectivity index (χ4n) is 1.77. The minimum atomic E-state index is -3.64. The van der Waals surface area contributed by atoms with Crippen LogP contribution in [-0.4, -0.2) is 30.7 Å². The molecular weight excluding hydrogens is 284 g/mol. The van der Waals surface area contributed by atoms with E-state index >= 15 is 0 Å². The standard InChI is InChI=1S/C12H20N2O3S2/c1-9-5-4-6-11(13)12(9)19(16,17)14-10(2)7-8-18(3)15/h4-6,10,14H,7-8,13H2,1-3H3. The van der Waals surface area contributed by atoms with Gasteiger partial charge in [-0.05, 0) is 31.9 Å². The van der Waals surface area contributed by atoms with Gasteiger partial charge >= 0.3 is 0 Å². The van der Waals surface area contributed by atoms with Gasteiger partial charge < -0.3 is 5.73 Å². The van der Waals surface area contributed by atoms with Gasteiger partial charge in [-0.15, -0.1) is 0 Å². The molecule has 0 radical (unpaired) electrons. The number of sulfonamides is 1. The van der Waals surface area contributed by atoms with Crippen molar-refractivity contribution in [2.24, 2.45) is 0 Å². The van der Waals surface area contributed by atoms with Gasteiger partial charge in [0.1, 0.15) is 4.90 Å². The summed E-state index contributed by atoms with van der Waals surface area (Å²) in [7, 11) is -4.57. The second-order valence-corrected chi connectivity index (χ2v) is 7.79. The number of hydrogen-bond acceptors (Lipinski definition) is 4. The highest BCUT2D eigenvalue weighted by atomic mass is 32.2. The van der Waals surface area contributed by atoms with E-state index in [0.717, 1.165) is 0 Å². The lowest BCUT2D eigenvalue weighted by Crippen LogP contribution is -2.34. The molecule has 2 unspecified atom stereocenters. The summed E-state index contributed by atoms with van der Waals surface area (Å²) in [6.07, 6.45) is 2.12. The Balaban J connectivity index is 2.90. The molecule has 19 heavy (non-hydrogen) atoms. The van der Waals surface area contributed by atoms with Gasteiger partial charge in [-0.3, -0.25) is 4.21 Å². The summed E-state index contributed by atoms with van der Waals surface area (Å²) in [6, 6.07) is 4.70. The van der Waals surface area contributed by atoms with E-state index in [1.165, 1.54) is 0 Å². The van der Waals surface area contributed by atoms with E-state index in [4.69, 9.17) is 5.73 Å². The normalized spacial score (nSPS) is 15.1. The molecule has 0 aliphatic heterocycles. The zero-order chi connectivity index (χ0) is 14.6. The number of hydrogen-bond donors (Lipinski definition) is 2. The molecule has 0 aliphatic rings. The smallest absolute Gasteiger partial charge is 0.243 e. The second kappa shape index (κ2) is 6.49. The van der Waals surface area contributed by atoms with Crippen molar-refractivity contribution in [3.63, 3.8) is 0 Å². The molecule has 0 fully saturated rings. The highest BCUT2D eigenvalue weighted by Crippen LogP contribution is 2.22. The Morgan fingerprint density at radius 3 is 2.58 bits per heavy atom. The lowest BCUT2D eigenvalue weighted by Gasteiger charge is -2.16. The van der Waals surface area contributed by atoms with Crippen molar-refractivity contribution in [3.05, 3.63) is 23.8 Å². The van der Waals surface area contributed by atoms with Crippen LogP contribution in [0, 0.1) is 6.92 Å². The second-order valence-electron chi connectivity index (χ2n) is 4.58. The number of benzene rings is 1.